The highest BCUT2D eigenvalue weighted by Crippen LogP contribution is 2.65. The van der Waals surface area contributed by atoms with Crippen molar-refractivity contribution in [1.82, 2.24) is 9.97 Å². The van der Waals surface area contributed by atoms with Gasteiger partial charge in [-0.15, -0.1) is 0 Å². The van der Waals surface area contributed by atoms with Crippen molar-refractivity contribution in [3.05, 3.63) is 47.8 Å². The summed E-state index contributed by atoms with van der Waals surface area (Å²) in [6, 6.07) is 3.46. The van der Waals surface area contributed by atoms with Crippen molar-refractivity contribution in [3.63, 3.8) is 0 Å². The van der Waals surface area contributed by atoms with Crippen LogP contribution in [0.25, 0.3) is 11.4 Å². The van der Waals surface area contributed by atoms with Crippen LogP contribution in [-0.4, -0.2) is 82.3 Å². The van der Waals surface area contributed by atoms with Crippen LogP contribution in [0.1, 0.15) is 54.9 Å². The van der Waals surface area contributed by atoms with Gasteiger partial charge in [0.05, 0.1) is 5.56 Å². The van der Waals surface area contributed by atoms with Gasteiger partial charge in [0.15, 0.2) is 12.4 Å². The van der Waals surface area contributed by atoms with E-state index in [9.17, 15) is 92.6 Å². The average Bonchev–Trinajstić information content (AvgIpc) is 3.06. The zero-order valence-corrected chi connectivity index (χ0v) is 26.3. The largest absolute Gasteiger partial charge is 0.455 e. The normalized spacial score (nSPS) is 14.5. The SMILES string of the molecule is CCCCCCCc1cnc(-c2ccc(C(=O)OCC(F)(F)C(F)(F)C(F)(F)C(F)(F)C(F)(F)C(F)(F)C(F)(F)C(F)(F)C(F)(F)C(F)F)cc2)nc1. The number of esters is 1. The van der Waals surface area contributed by atoms with Gasteiger partial charge < -0.3 is 4.74 Å². The Morgan fingerprint density at radius 2 is 1.02 bits per heavy atom. The minimum Gasteiger partial charge on any atom is -0.455 e. The van der Waals surface area contributed by atoms with Crippen molar-refractivity contribution in [2.45, 2.75) is 105 Å². The number of ether oxygens (including phenoxy) is 1. The molecular weight excluding hydrogens is 788 g/mol. The van der Waals surface area contributed by atoms with Gasteiger partial charge in [0.25, 0.3) is 0 Å². The van der Waals surface area contributed by atoms with Gasteiger partial charge in [-0.1, -0.05) is 44.7 Å². The number of unbranched alkanes of at least 4 members (excludes halogenated alkanes) is 4. The standard InChI is InChI=1S/C29H24F20N2O2/c1-2-3-4-5-6-7-15-12-50-18(51-13-15)16-8-10-17(11-9-16)19(52)53-14-21(32,33)23(36,37)25(40,41)27(44,45)29(48,49)28(46,47)26(42,43)24(38,39)22(34,35)20(30)31/h8-13,20H,2-7,14H2,1H3. The topological polar surface area (TPSA) is 52.1 Å². The first-order valence-electron chi connectivity index (χ1n) is 14.6. The minimum atomic E-state index is -9.12. The number of rotatable bonds is 19. The van der Waals surface area contributed by atoms with Gasteiger partial charge in [-0.05, 0) is 30.5 Å². The Hall–Kier alpha value is -3.63. The molecule has 0 saturated heterocycles. The van der Waals surface area contributed by atoms with Gasteiger partial charge in [0.1, 0.15) is 0 Å². The number of carbonyl (C=O) groups excluding carboxylic acids is 1. The zero-order chi connectivity index (χ0) is 41.3. The molecule has 0 radical (unpaired) electrons. The fourth-order valence-corrected chi connectivity index (χ4v) is 4.21. The van der Waals surface area contributed by atoms with Crippen molar-refractivity contribution in [3.8, 4) is 11.4 Å². The Bertz CT molecular complexity index is 1530. The van der Waals surface area contributed by atoms with Gasteiger partial charge in [0.2, 0.25) is 0 Å². The van der Waals surface area contributed by atoms with Crippen LogP contribution in [0.4, 0.5) is 87.8 Å². The molecule has 1 aromatic carbocycles. The maximum atomic E-state index is 14.2. The molecule has 4 nitrogen and oxygen atoms in total. The molecule has 0 unspecified atom stereocenters. The number of nitrogens with zero attached hydrogens (tertiary/aromatic N) is 2. The Morgan fingerprint density at radius 1 is 0.604 bits per heavy atom. The third kappa shape index (κ3) is 7.81. The van der Waals surface area contributed by atoms with Gasteiger partial charge in [-0.2, -0.15) is 79.0 Å². The number of aromatic nitrogens is 2. The summed E-state index contributed by atoms with van der Waals surface area (Å²) < 4.78 is 276. The van der Waals surface area contributed by atoms with E-state index in [0.717, 1.165) is 61.9 Å². The van der Waals surface area contributed by atoms with Crippen LogP contribution in [0, 0.1) is 0 Å². The fourth-order valence-electron chi connectivity index (χ4n) is 4.21. The summed E-state index contributed by atoms with van der Waals surface area (Å²) in [6.45, 7) is -1.42. The van der Waals surface area contributed by atoms with E-state index in [2.05, 4.69) is 14.7 Å². The average molecular weight is 812 g/mol. The Labute approximate surface area is 284 Å². The van der Waals surface area contributed by atoms with E-state index in [-0.39, 0.29) is 11.4 Å². The monoisotopic (exact) mass is 812 g/mol. The van der Waals surface area contributed by atoms with E-state index < -0.39 is 77.9 Å². The maximum absolute atomic E-state index is 14.2. The lowest BCUT2D eigenvalue weighted by atomic mass is 9.86. The number of hydrogen-bond donors (Lipinski definition) is 0. The van der Waals surface area contributed by atoms with Crippen molar-refractivity contribution >= 4 is 5.97 Å². The van der Waals surface area contributed by atoms with Crippen LogP contribution in [0.3, 0.4) is 0 Å². The fraction of sp³-hybridized carbons (Fsp3) is 0.621. The first-order chi connectivity index (χ1) is 23.8. The van der Waals surface area contributed by atoms with Gasteiger partial charge >= 0.3 is 65.7 Å². The van der Waals surface area contributed by atoms with E-state index in [4.69, 9.17) is 0 Å². The lowest BCUT2D eigenvalue weighted by molar-refractivity contribution is -0.465. The first-order valence-corrected chi connectivity index (χ1v) is 14.6. The van der Waals surface area contributed by atoms with Crippen LogP contribution in [0.15, 0.2) is 36.7 Å². The summed E-state index contributed by atoms with van der Waals surface area (Å²) >= 11 is 0. The summed E-state index contributed by atoms with van der Waals surface area (Å²) in [5.74, 6) is -78.4. The first kappa shape index (κ1) is 45.5. The third-order valence-electron chi connectivity index (χ3n) is 7.56. The Kier molecular flexibility index (Phi) is 13.1. The number of alkyl halides is 20. The Balaban J connectivity index is 2.27. The molecule has 302 valence electrons. The quantitative estimate of drug-likeness (QED) is 0.0806. The van der Waals surface area contributed by atoms with Crippen LogP contribution in [0.2, 0.25) is 0 Å². The highest BCUT2D eigenvalue weighted by atomic mass is 19.4. The highest BCUT2D eigenvalue weighted by molar-refractivity contribution is 5.90. The molecule has 24 heteroatoms. The highest BCUT2D eigenvalue weighted by Gasteiger charge is 2.96. The molecule has 0 amide bonds. The number of aryl methyl sites for hydroxylation is 1. The van der Waals surface area contributed by atoms with Crippen LogP contribution in [-0.2, 0) is 11.2 Å². The van der Waals surface area contributed by atoms with Crippen LogP contribution >= 0.6 is 0 Å². The summed E-state index contributed by atoms with van der Waals surface area (Å²) in [5, 5.41) is 0. The van der Waals surface area contributed by atoms with E-state index in [1.165, 1.54) is 12.4 Å². The number of hydrogen-bond acceptors (Lipinski definition) is 4. The molecule has 0 aliphatic rings. The van der Waals surface area contributed by atoms with Crippen molar-refractivity contribution in [2.24, 2.45) is 0 Å². The van der Waals surface area contributed by atoms with Gasteiger partial charge in [-0.3, -0.25) is 0 Å². The van der Waals surface area contributed by atoms with Crippen LogP contribution < -0.4 is 0 Å². The lowest BCUT2D eigenvalue weighted by Gasteiger charge is -2.44. The van der Waals surface area contributed by atoms with Crippen molar-refractivity contribution in [2.75, 3.05) is 6.61 Å². The molecule has 0 aliphatic carbocycles. The molecule has 2 rings (SSSR count). The van der Waals surface area contributed by atoms with Gasteiger partial charge in [0, 0.05) is 18.0 Å². The van der Waals surface area contributed by atoms with E-state index >= 15 is 0 Å². The number of benzene rings is 1. The molecular formula is C29H24F20N2O2. The number of carbonyl (C=O) groups is 1. The Morgan fingerprint density at radius 3 is 1.45 bits per heavy atom. The molecule has 1 aromatic heterocycles. The second kappa shape index (κ2) is 15.2. The molecule has 1 heterocycles. The molecule has 0 bridgehead atoms. The summed E-state index contributed by atoms with van der Waals surface area (Å²) in [4.78, 5) is 20.2. The maximum Gasteiger partial charge on any atom is 0.385 e. The minimum absolute atomic E-state index is 0.0283. The van der Waals surface area contributed by atoms with E-state index in [0.29, 0.717) is 6.42 Å². The van der Waals surface area contributed by atoms with E-state index in [1.807, 2.05) is 6.92 Å². The van der Waals surface area contributed by atoms with Gasteiger partial charge in [-0.25, -0.2) is 23.5 Å². The van der Waals surface area contributed by atoms with Crippen molar-refractivity contribution < 1.29 is 97.3 Å². The summed E-state index contributed by atoms with van der Waals surface area (Å²) in [7, 11) is 0. The predicted molar refractivity (Wildman–Crippen MR) is 141 cm³/mol. The lowest BCUT2D eigenvalue weighted by Crippen LogP contribution is -2.76. The van der Waals surface area contributed by atoms with Crippen molar-refractivity contribution in [1.29, 1.82) is 0 Å². The second-order valence-electron chi connectivity index (χ2n) is 11.4. The zero-order valence-electron chi connectivity index (χ0n) is 26.3. The predicted octanol–water partition coefficient (Wildman–Crippen LogP) is 10.8. The molecule has 0 atom stereocenters. The molecule has 0 N–H and O–H groups in total. The summed E-state index contributed by atoms with van der Waals surface area (Å²) in [5.41, 5.74) is 0.0234. The molecule has 53 heavy (non-hydrogen) atoms. The molecule has 0 spiro atoms. The molecule has 0 aliphatic heterocycles. The number of halogens is 20. The van der Waals surface area contributed by atoms with Crippen LogP contribution in [0.5, 0.6) is 0 Å². The molecule has 2 aromatic rings. The third-order valence-corrected chi connectivity index (χ3v) is 7.56. The molecule has 0 fully saturated rings. The second-order valence-corrected chi connectivity index (χ2v) is 11.4. The summed E-state index contributed by atoms with van der Waals surface area (Å²) in [6.07, 6.45) is 2.29. The van der Waals surface area contributed by atoms with E-state index in [1.54, 1.807) is 0 Å². The molecule has 0 saturated carbocycles. The smallest absolute Gasteiger partial charge is 0.385 e.